The van der Waals surface area contributed by atoms with E-state index in [1.165, 1.54) is 5.57 Å². The Labute approximate surface area is 156 Å². The number of carbonyl (C=O) groups excluding carboxylic acids is 1. The zero-order chi connectivity index (χ0) is 19.2. The molecule has 4 atom stereocenters. The summed E-state index contributed by atoms with van der Waals surface area (Å²) in [5.74, 6) is 1.91. The number of carbonyl (C=O) groups is 1. The van der Waals surface area contributed by atoms with Crippen LogP contribution in [0, 0.1) is 17.8 Å². The largest absolute Gasteiger partial charge is 0.507 e. The highest BCUT2D eigenvalue weighted by atomic mass is 16.5. The third-order valence-corrected chi connectivity index (χ3v) is 6.17. The zero-order valence-electron chi connectivity index (χ0n) is 16.6. The van der Waals surface area contributed by atoms with E-state index in [4.69, 9.17) is 9.47 Å². The Balaban J connectivity index is 2.22. The molecule has 0 amide bonds. The van der Waals surface area contributed by atoms with Gasteiger partial charge in [0.2, 0.25) is 0 Å². The lowest BCUT2D eigenvalue weighted by Gasteiger charge is -2.34. The van der Waals surface area contributed by atoms with E-state index in [-0.39, 0.29) is 29.5 Å². The summed E-state index contributed by atoms with van der Waals surface area (Å²) < 4.78 is 11.9. The van der Waals surface area contributed by atoms with Crippen LogP contribution in [0.1, 0.15) is 69.3 Å². The number of ether oxygens (including phenoxy) is 2. The van der Waals surface area contributed by atoms with Crippen LogP contribution in [0.4, 0.5) is 0 Å². The second-order valence-electron chi connectivity index (χ2n) is 8.05. The Kier molecular flexibility index (Phi) is 5.05. The molecule has 2 aliphatic rings. The number of benzene rings is 1. The van der Waals surface area contributed by atoms with Crippen LogP contribution in [-0.2, 0) is 0 Å². The van der Waals surface area contributed by atoms with Crippen LogP contribution >= 0.6 is 0 Å². The predicted molar refractivity (Wildman–Crippen MR) is 102 cm³/mol. The van der Waals surface area contributed by atoms with Crippen molar-refractivity contribution >= 4 is 5.78 Å². The van der Waals surface area contributed by atoms with Gasteiger partial charge < -0.3 is 14.6 Å². The van der Waals surface area contributed by atoms with Gasteiger partial charge in [0, 0.05) is 23.5 Å². The molecule has 1 aromatic rings. The van der Waals surface area contributed by atoms with Gasteiger partial charge >= 0.3 is 0 Å². The minimum atomic E-state index is -0.165. The maximum atomic E-state index is 13.0. The summed E-state index contributed by atoms with van der Waals surface area (Å²) in [6.45, 7) is 10.4. The average Bonchev–Trinajstić information content (AvgIpc) is 3.00. The molecule has 0 bridgehead atoms. The predicted octanol–water partition coefficient (Wildman–Crippen LogP) is 5.10. The van der Waals surface area contributed by atoms with Crippen molar-refractivity contribution in [3.63, 3.8) is 0 Å². The molecule has 1 aliphatic heterocycles. The van der Waals surface area contributed by atoms with Gasteiger partial charge in [-0.05, 0) is 37.2 Å². The molecule has 0 saturated carbocycles. The third kappa shape index (κ3) is 2.80. The lowest BCUT2D eigenvalue weighted by atomic mass is 9.70. The molecule has 142 valence electrons. The van der Waals surface area contributed by atoms with Crippen LogP contribution in [-0.4, -0.2) is 24.1 Å². The first kappa shape index (κ1) is 18.8. The number of Topliss-reactive ketones (excluding diaryl/α,β-unsaturated/α-hetero) is 1. The number of phenols is 1. The number of rotatable bonds is 5. The molecule has 1 aliphatic carbocycles. The molecule has 0 radical (unpaired) electrons. The first-order valence-electron chi connectivity index (χ1n) is 9.63. The highest BCUT2D eigenvalue weighted by Crippen LogP contribution is 2.56. The molecule has 1 unspecified atom stereocenters. The first-order valence-corrected chi connectivity index (χ1v) is 9.63. The van der Waals surface area contributed by atoms with Crippen LogP contribution in [0.2, 0.25) is 0 Å². The van der Waals surface area contributed by atoms with E-state index in [1.54, 1.807) is 13.2 Å². The number of aromatic hydroxyl groups is 1. The Hall–Kier alpha value is -1.97. The van der Waals surface area contributed by atoms with Crippen molar-refractivity contribution in [3.8, 4) is 17.2 Å². The highest BCUT2D eigenvalue weighted by Gasteiger charge is 2.47. The van der Waals surface area contributed by atoms with Crippen LogP contribution in [0.25, 0.3) is 0 Å². The summed E-state index contributed by atoms with van der Waals surface area (Å²) >= 11 is 0. The molecule has 1 aromatic carbocycles. The molecule has 1 N–H and O–H groups in total. The number of hydrogen-bond acceptors (Lipinski definition) is 4. The van der Waals surface area contributed by atoms with Crippen LogP contribution in [0.3, 0.4) is 0 Å². The van der Waals surface area contributed by atoms with Crippen molar-refractivity contribution in [2.45, 2.75) is 59.5 Å². The fourth-order valence-corrected chi connectivity index (χ4v) is 4.35. The van der Waals surface area contributed by atoms with E-state index < -0.39 is 0 Å². The molecule has 0 aromatic heterocycles. The van der Waals surface area contributed by atoms with Gasteiger partial charge in [0.1, 0.15) is 28.9 Å². The van der Waals surface area contributed by atoms with Crippen LogP contribution in [0.5, 0.6) is 17.2 Å². The lowest BCUT2D eigenvalue weighted by Crippen LogP contribution is -2.32. The summed E-state index contributed by atoms with van der Waals surface area (Å²) in [7, 11) is 1.61. The van der Waals surface area contributed by atoms with Gasteiger partial charge in [-0.1, -0.05) is 33.8 Å². The van der Waals surface area contributed by atoms with E-state index >= 15 is 0 Å². The maximum absolute atomic E-state index is 13.0. The quantitative estimate of drug-likeness (QED) is 0.588. The van der Waals surface area contributed by atoms with Crippen molar-refractivity contribution in [3.05, 3.63) is 28.8 Å². The minimum absolute atomic E-state index is 0.0488. The highest BCUT2D eigenvalue weighted by molar-refractivity contribution is 6.03. The maximum Gasteiger partial charge on any atom is 0.173 e. The van der Waals surface area contributed by atoms with Gasteiger partial charge in [0.25, 0.3) is 0 Å². The number of phenolic OH excluding ortho intramolecular Hbond substituents is 1. The van der Waals surface area contributed by atoms with Gasteiger partial charge in [-0.15, -0.1) is 0 Å². The third-order valence-electron chi connectivity index (χ3n) is 6.17. The lowest BCUT2D eigenvalue weighted by molar-refractivity contribution is 0.0918. The number of methoxy groups -OCH3 is 1. The van der Waals surface area contributed by atoms with E-state index in [2.05, 4.69) is 26.8 Å². The fraction of sp³-hybridized carbons (Fsp3) is 0.591. The fourth-order valence-electron chi connectivity index (χ4n) is 4.35. The van der Waals surface area contributed by atoms with Gasteiger partial charge in [0.15, 0.2) is 5.78 Å². The summed E-state index contributed by atoms with van der Waals surface area (Å²) in [4.78, 5) is 13.0. The Bertz CT molecular complexity index is 747. The minimum Gasteiger partial charge on any atom is -0.507 e. The smallest absolute Gasteiger partial charge is 0.173 e. The molecule has 4 nitrogen and oxygen atoms in total. The number of fused-ring (bicyclic) bond motifs is 3. The van der Waals surface area contributed by atoms with E-state index in [0.717, 1.165) is 18.4 Å². The SMILES string of the molecule is CCC(C)C(=O)c1c(O)cc(OC)c2c1O[C@@H]1C(C)=CC[C@H](C(C)C)[C@H]21. The normalized spacial score (nSPS) is 25.2. The molecule has 0 fully saturated rings. The summed E-state index contributed by atoms with van der Waals surface area (Å²) in [5, 5.41) is 10.6. The molecular weight excluding hydrogens is 328 g/mol. The van der Waals surface area contributed by atoms with Gasteiger partial charge in [-0.3, -0.25) is 4.79 Å². The van der Waals surface area contributed by atoms with Crippen molar-refractivity contribution in [2.75, 3.05) is 7.11 Å². The van der Waals surface area contributed by atoms with Crippen molar-refractivity contribution in [1.29, 1.82) is 0 Å². The molecule has 0 spiro atoms. The second kappa shape index (κ2) is 6.98. The van der Waals surface area contributed by atoms with E-state index in [0.29, 0.717) is 28.9 Å². The van der Waals surface area contributed by atoms with E-state index in [9.17, 15) is 9.90 Å². The van der Waals surface area contributed by atoms with Crippen molar-refractivity contribution in [1.82, 2.24) is 0 Å². The Morgan fingerprint density at radius 1 is 1.38 bits per heavy atom. The molecule has 0 saturated heterocycles. The molecule has 3 rings (SSSR count). The summed E-state index contributed by atoms with van der Waals surface area (Å²) in [6, 6.07) is 1.59. The summed E-state index contributed by atoms with van der Waals surface area (Å²) in [6.07, 6.45) is 3.87. The van der Waals surface area contributed by atoms with Crippen molar-refractivity contribution < 1.29 is 19.4 Å². The molecule has 1 heterocycles. The zero-order valence-corrected chi connectivity index (χ0v) is 16.6. The molecular formula is C22H30O4. The molecule has 4 heteroatoms. The van der Waals surface area contributed by atoms with Crippen molar-refractivity contribution in [2.24, 2.45) is 17.8 Å². The summed E-state index contributed by atoms with van der Waals surface area (Å²) in [5.41, 5.74) is 2.46. The van der Waals surface area contributed by atoms with Gasteiger partial charge in [-0.2, -0.15) is 0 Å². The number of hydrogen-bond donors (Lipinski definition) is 1. The first-order chi connectivity index (χ1) is 12.3. The number of allylic oxidation sites excluding steroid dienone is 1. The van der Waals surface area contributed by atoms with Gasteiger partial charge in [0.05, 0.1) is 7.11 Å². The Morgan fingerprint density at radius 3 is 2.65 bits per heavy atom. The Morgan fingerprint density at radius 2 is 2.08 bits per heavy atom. The second-order valence-corrected chi connectivity index (χ2v) is 8.05. The molecule has 26 heavy (non-hydrogen) atoms. The average molecular weight is 358 g/mol. The van der Waals surface area contributed by atoms with Crippen LogP contribution < -0.4 is 9.47 Å². The van der Waals surface area contributed by atoms with E-state index in [1.807, 2.05) is 13.8 Å². The monoisotopic (exact) mass is 358 g/mol. The topological polar surface area (TPSA) is 55.8 Å². The number of ketones is 1. The van der Waals surface area contributed by atoms with Crippen LogP contribution in [0.15, 0.2) is 17.7 Å². The standard InChI is InChI=1S/C22H30O4/c1-7-12(4)20(24)18-15(23)10-16(25-6)19-17-14(11(2)3)9-8-13(5)21(17)26-22(18)19/h8,10-12,14,17,21,23H,7,9H2,1-6H3/t12?,14-,17-,21-/m1/s1. The van der Waals surface area contributed by atoms with Gasteiger partial charge in [-0.25, -0.2) is 0 Å².